The average Bonchev–Trinajstić information content (AvgIpc) is 2.44. The van der Waals surface area contributed by atoms with Crippen LogP contribution >= 0.6 is 0 Å². The molecule has 0 amide bonds. The maximum atomic E-state index is 11.0. The molecule has 0 aliphatic carbocycles. The lowest BCUT2D eigenvalue weighted by Crippen LogP contribution is -2.48. The van der Waals surface area contributed by atoms with E-state index in [-0.39, 0.29) is 0 Å². The first-order chi connectivity index (χ1) is 10.5. The molecule has 0 aliphatic rings. The maximum absolute atomic E-state index is 11.0. The van der Waals surface area contributed by atoms with Crippen LogP contribution < -0.4 is 5.73 Å². The molecule has 0 radical (unpaired) electrons. The molecule has 0 unspecified atom stereocenters. The SMILES string of the molecule is CN(C)[C@@](C)(CCCCN)C(=O)O.O=C(O)CCC(=O)C(=O)O. The molecular formula is C14H26N2O7. The number of unbranched alkanes of at least 4 members (excludes halogenated alkanes) is 1. The highest BCUT2D eigenvalue weighted by atomic mass is 16.4. The van der Waals surface area contributed by atoms with Crippen LogP contribution in [-0.2, 0) is 19.2 Å². The van der Waals surface area contributed by atoms with Gasteiger partial charge in [0.25, 0.3) is 0 Å². The zero-order chi connectivity index (χ0) is 18.6. The molecule has 0 aromatic rings. The number of rotatable bonds is 10. The number of hydrogen-bond donors (Lipinski definition) is 4. The first-order valence-electron chi connectivity index (χ1n) is 7.07. The van der Waals surface area contributed by atoms with Crippen LogP contribution in [-0.4, -0.2) is 70.1 Å². The Bertz CT molecular complexity index is 423. The summed E-state index contributed by atoms with van der Waals surface area (Å²) in [5.74, 6) is -4.59. The molecule has 134 valence electrons. The average molecular weight is 334 g/mol. The van der Waals surface area contributed by atoms with E-state index in [0.717, 1.165) is 12.8 Å². The Labute approximate surface area is 135 Å². The summed E-state index contributed by atoms with van der Waals surface area (Å²) in [7, 11) is 3.58. The molecule has 0 aliphatic heterocycles. The topological polar surface area (TPSA) is 158 Å². The van der Waals surface area contributed by atoms with Gasteiger partial charge < -0.3 is 21.1 Å². The van der Waals surface area contributed by atoms with Crippen LogP contribution in [0.25, 0.3) is 0 Å². The van der Waals surface area contributed by atoms with Crippen molar-refractivity contribution in [2.24, 2.45) is 5.73 Å². The third kappa shape index (κ3) is 10.4. The standard InChI is InChI=1S/C9H20N2O2.C5H6O5/c1-9(8(12)13,11(2)3)6-4-5-7-10;6-3(5(9)10)1-2-4(7)8/h4-7,10H2,1-3H3,(H,12,13);1-2H2,(H,7,8)(H,9,10)/t9-;/m0./s1. The zero-order valence-corrected chi connectivity index (χ0v) is 13.7. The number of nitrogens with two attached hydrogens (primary N) is 1. The Morgan fingerprint density at radius 3 is 1.83 bits per heavy atom. The van der Waals surface area contributed by atoms with E-state index in [1.165, 1.54) is 0 Å². The third-order valence-corrected chi connectivity index (χ3v) is 3.37. The van der Waals surface area contributed by atoms with Crippen molar-refractivity contribution in [1.82, 2.24) is 4.90 Å². The Hall–Kier alpha value is -2.00. The largest absolute Gasteiger partial charge is 0.481 e. The zero-order valence-electron chi connectivity index (χ0n) is 13.7. The van der Waals surface area contributed by atoms with Crippen LogP contribution in [0, 0.1) is 0 Å². The van der Waals surface area contributed by atoms with Crippen molar-refractivity contribution < 1.29 is 34.5 Å². The van der Waals surface area contributed by atoms with Crippen LogP contribution in [0.5, 0.6) is 0 Å². The Morgan fingerprint density at radius 1 is 1.00 bits per heavy atom. The van der Waals surface area contributed by atoms with Crippen molar-refractivity contribution in [3.05, 3.63) is 0 Å². The highest BCUT2D eigenvalue weighted by molar-refractivity contribution is 6.32. The summed E-state index contributed by atoms with van der Waals surface area (Å²) >= 11 is 0. The minimum Gasteiger partial charge on any atom is -0.481 e. The molecule has 1 atom stereocenters. The van der Waals surface area contributed by atoms with E-state index in [0.29, 0.717) is 13.0 Å². The number of hydrogen-bond acceptors (Lipinski definition) is 6. The molecule has 23 heavy (non-hydrogen) atoms. The van der Waals surface area contributed by atoms with Gasteiger partial charge in [0, 0.05) is 6.42 Å². The number of carboxylic acid groups (broad SMARTS) is 3. The van der Waals surface area contributed by atoms with Crippen LogP contribution in [0.2, 0.25) is 0 Å². The van der Waals surface area contributed by atoms with E-state index in [2.05, 4.69) is 0 Å². The smallest absolute Gasteiger partial charge is 0.372 e. The number of aliphatic carboxylic acids is 3. The fourth-order valence-corrected chi connectivity index (χ4v) is 1.46. The van der Waals surface area contributed by atoms with Gasteiger partial charge in [-0.15, -0.1) is 0 Å². The second-order valence-electron chi connectivity index (χ2n) is 5.34. The molecule has 5 N–H and O–H groups in total. The predicted octanol–water partition coefficient (Wildman–Crippen LogP) is 0.0252. The van der Waals surface area contributed by atoms with Crippen LogP contribution in [0.3, 0.4) is 0 Å². The normalized spacial score (nSPS) is 12.7. The summed E-state index contributed by atoms with van der Waals surface area (Å²) in [6.07, 6.45) is 1.52. The summed E-state index contributed by atoms with van der Waals surface area (Å²) in [5.41, 5.74) is 4.59. The highest BCUT2D eigenvalue weighted by Crippen LogP contribution is 2.19. The van der Waals surface area contributed by atoms with E-state index in [9.17, 15) is 19.2 Å². The minimum atomic E-state index is -1.58. The summed E-state index contributed by atoms with van der Waals surface area (Å²) in [4.78, 5) is 42.5. The van der Waals surface area contributed by atoms with Gasteiger partial charge in [-0.2, -0.15) is 0 Å². The van der Waals surface area contributed by atoms with Gasteiger partial charge in [-0.25, -0.2) is 4.79 Å². The van der Waals surface area contributed by atoms with Crippen molar-refractivity contribution in [1.29, 1.82) is 0 Å². The van der Waals surface area contributed by atoms with E-state index >= 15 is 0 Å². The van der Waals surface area contributed by atoms with E-state index < -0.39 is 42.1 Å². The lowest BCUT2D eigenvalue weighted by Gasteiger charge is -2.32. The van der Waals surface area contributed by atoms with Gasteiger partial charge in [-0.05, 0) is 46.8 Å². The number of carbonyl (C=O) groups is 4. The fourth-order valence-electron chi connectivity index (χ4n) is 1.46. The monoisotopic (exact) mass is 334 g/mol. The number of carbonyl (C=O) groups excluding carboxylic acids is 1. The lowest BCUT2D eigenvalue weighted by molar-refractivity contribution is -0.150. The van der Waals surface area contributed by atoms with Crippen molar-refractivity contribution in [2.45, 2.75) is 44.6 Å². The summed E-state index contributed by atoms with van der Waals surface area (Å²) in [6.45, 7) is 2.37. The van der Waals surface area contributed by atoms with Gasteiger partial charge in [0.15, 0.2) is 0 Å². The first kappa shape index (κ1) is 23.3. The quantitative estimate of drug-likeness (QED) is 0.319. The number of likely N-dealkylation sites (N-methyl/N-ethyl adjacent to an activating group) is 1. The molecular weight excluding hydrogens is 308 g/mol. The lowest BCUT2D eigenvalue weighted by atomic mass is 9.94. The minimum absolute atomic E-state index is 0.425. The van der Waals surface area contributed by atoms with Crippen molar-refractivity contribution in [3.63, 3.8) is 0 Å². The molecule has 0 spiro atoms. The molecule has 9 nitrogen and oxygen atoms in total. The van der Waals surface area contributed by atoms with Gasteiger partial charge >= 0.3 is 17.9 Å². The van der Waals surface area contributed by atoms with Gasteiger partial charge in [0.05, 0.1) is 6.42 Å². The highest BCUT2D eigenvalue weighted by Gasteiger charge is 2.34. The van der Waals surface area contributed by atoms with Gasteiger partial charge in [0.2, 0.25) is 5.78 Å². The van der Waals surface area contributed by atoms with Crippen LogP contribution in [0.4, 0.5) is 0 Å². The molecule has 0 heterocycles. The second-order valence-corrected chi connectivity index (χ2v) is 5.34. The maximum Gasteiger partial charge on any atom is 0.372 e. The van der Waals surface area contributed by atoms with Crippen LogP contribution in [0.15, 0.2) is 0 Å². The molecule has 0 bridgehead atoms. The summed E-state index contributed by atoms with van der Waals surface area (Å²) in [6, 6.07) is 0. The molecule has 0 aromatic heterocycles. The van der Waals surface area contributed by atoms with Crippen LogP contribution in [0.1, 0.15) is 39.0 Å². The molecule has 0 saturated carbocycles. The number of Topliss-reactive ketones (excluding diaryl/α,β-unsaturated/α-hetero) is 1. The molecule has 0 fully saturated rings. The van der Waals surface area contributed by atoms with Crippen molar-refractivity contribution in [3.8, 4) is 0 Å². The van der Waals surface area contributed by atoms with E-state index in [1.807, 2.05) is 0 Å². The number of ketones is 1. The van der Waals surface area contributed by atoms with E-state index in [1.54, 1.807) is 25.9 Å². The van der Waals surface area contributed by atoms with E-state index in [4.69, 9.17) is 21.1 Å². The fraction of sp³-hybridized carbons (Fsp3) is 0.714. The summed E-state index contributed by atoms with van der Waals surface area (Å²) in [5, 5.41) is 25.0. The van der Waals surface area contributed by atoms with Gasteiger partial charge in [0.1, 0.15) is 5.54 Å². The second kappa shape index (κ2) is 11.6. The summed E-state index contributed by atoms with van der Waals surface area (Å²) < 4.78 is 0. The van der Waals surface area contributed by atoms with Gasteiger partial charge in [-0.3, -0.25) is 19.3 Å². The van der Waals surface area contributed by atoms with Gasteiger partial charge in [-0.1, -0.05) is 0 Å². The number of nitrogens with zero attached hydrogens (tertiary/aromatic N) is 1. The Kier molecular flexibility index (Phi) is 11.7. The Morgan fingerprint density at radius 2 is 1.52 bits per heavy atom. The molecule has 0 saturated heterocycles. The Balaban J connectivity index is 0. The van der Waals surface area contributed by atoms with Crippen molar-refractivity contribution in [2.75, 3.05) is 20.6 Å². The molecule has 9 heteroatoms. The number of carboxylic acids is 3. The predicted molar refractivity (Wildman–Crippen MR) is 82.1 cm³/mol. The first-order valence-corrected chi connectivity index (χ1v) is 7.07. The molecule has 0 aromatic carbocycles. The third-order valence-electron chi connectivity index (χ3n) is 3.37. The van der Waals surface area contributed by atoms with Crippen molar-refractivity contribution >= 4 is 23.7 Å². The molecule has 0 rings (SSSR count).